The number of rotatable bonds is 7. The number of anilines is 1. The Bertz CT molecular complexity index is 971. The van der Waals surface area contributed by atoms with Crippen LogP contribution in [0.5, 0.6) is 0 Å². The largest absolute Gasteiger partial charge is 0.376 e. The molecule has 156 valence electrons. The lowest BCUT2D eigenvalue weighted by Crippen LogP contribution is -2.43. The maximum atomic E-state index is 13.4. The average molecular weight is 437 g/mol. The third-order valence-electron chi connectivity index (χ3n) is 4.89. The third kappa shape index (κ3) is 5.29. The van der Waals surface area contributed by atoms with Gasteiger partial charge in [0.15, 0.2) is 0 Å². The van der Waals surface area contributed by atoms with Crippen molar-refractivity contribution >= 4 is 33.2 Å². The third-order valence-corrected chi connectivity index (χ3v) is 6.90. The number of carbonyl (C=O) groups excluding carboxylic acids is 1. The van der Waals surface area contributed by atoms with Gasteiger partial charge in [-0.05, 0) is 56.5 Å². The summed E-state index contributed by atoms with van der Waals surface area (Å²) in [5.41, 5.74) is 2.03. The summed E-state index contributed by atoms with van der Waals surface area (Å²) in [7, 11) is -3.96. The van der Waals surface area contributed by atoms with Crippen LogP contribution in [0.15, 0.2) is 47.4 Å². The molecule has 3 rings (SSSR count). The molecule has 29 heavy (non-hydrogen) atoms. The Morgan fingerprint density at radius 1 is 1.21 bits per heavy atom. The molecule has 0 unspecified atom stereocenters. The second-order valence-corrected chi connectivity index (χ2v) is 9.49. The molecular formula is C21H25ClN2O4S. The molecule has 1 heterocycles. The summed E-state index contributed by atoms with van der Waals surface area (Å²) in [5.74, 6) is -0.393. The van der Waals surface area contributed by atoms with Gasteiger partial charge in [0, 0.05) is 18.2 Å². The van der Waals surface area contributed by atoms with Gasteiger partial charge in [-0.3, -0.25) is 9.10 Å². The summed E-state index contributed by atoms with van der Waals surface area (Å²) in [6.45, 7) is 4.38. The molecule has 1 atom stereocenters. The minimum absolute atomic E-state index is 0.0194. The van der Waals surface area contributed by atoms with E-state index in [2.05, 4.69) is 5.32 Å². The van der Waals surface area contributed by atoms with Gasteiger partial charge in [0.2, 0.25) is 5.91 Å². The number of nitrogens with zero attached hydrogens (tertiary/aromatic N) is 1. The molecule has 0 aliphatic carbocycles. The predicted octanol–water partition coefficient (Wildman–Crippen LogP) is 3.45. The molecule has 8 heteroatoms. The summed E-state index contributed by atoms with van der Waals surface area (Å²) < 4.78 is 33.4. The fraction of sp³-hybridized carbons (Fsp3) is 0.381. The normalized spacial score (nSPS) is 16.6. The molecular weight excluding hydrogens is 412 g/mol. The van der Waals surface area contributed by atoms with Crippen LogP contribution >= 0.6 is 11.6 Å². The van der Waals surface area contributed by atoms with Crippen molar-refractivity contribution in [1.29, 1.82) is 0 Å². The van der Waals surface area contributed by atoms with Crippen LogP contribution in [-0.2, 0) is 19.6 Å². The van der Waals surface area contributed by atoms with Gasteiger partial charge in [0.25, 0.3) is 10.0 Å². The highest BCUT2D eigenvalue weighted by molar-refractivity contribution is 7.92. The SMILES string of the molecule is Cc1ccc(S(=O)(=O)N(CC(=O)NC[C@@H]2CCCO2)c2cc(Cl)ccc2C)cc1. The number of hydrogen-bond donors (Lipinski definition) is 1. The fourth-order valence-corrected chi connectivity index (χ4v) is 4.85. The molecule has 1 aliphatic heterocycles. The molecule has 0 aromatic heterocycles. The van der Waals surface area contributed by atoms with Crippen molar-refractivity contribution in [3.8, 4) is 0 Å². The van der Waals surface area contributed by atoms with E-state index in [0.29, 0.717) is 29.4 Å². The Morgan fingerprint density at radius 2 is 1.93 bits per heavy atom. The van der Waals surface area contributed by atoms with E-state index in [9.17, 15) is 13.2 Å². The Hall–Kier alpha value is -2.09. The molecule has 2 aromatic rings. The molecule has 0 spiro atoms. The van der Waals surface area contributed by atoms with Gasteiger partial charge in [-0.25, -0.2) is 8.42 Å². The predicted molar refractivity (Wildman–Crippen MR) is 114 cm³/mol. The number of ether oxygens (including phenoxy) is 1. The zero-order chi connectivity index (χ0) is 21.0. The smallest absolute Gasteiger partial charge is 0.264 e. The van der Waals surface area contributed by atoms with Crippen LogP contribution in [-0.4, -0.2) is 40.1 Å². The van der Waals surface area contributed by atoms with Crippen LogP contribution in [0.2, 0.25) is 5.02 Å². The molecule has 1 aliphatic rings. The molecule has 1 amide bonds. The number of amides is 1. The number of hydrogen-bond acceptors (Lipinski definition) is 4. The van der Waals surface area contributed by atoms with Crippen molar-refractivity contribution in [2.24, 2.45) is 0 Å². The minimum atomic E-state index is -3.96. The maximum Gasteiger partial charge on any atom is 0.264 e. The first kappa shape index (κ1) is 21.6. The molecule has 0 bridgehead atoms. The van der Waals surface area contributed by atoms with Crippen molar-refractivity contribution in [2.75, 3.05) is 24.0 Å². The zero-order valence-electron chi connectivity index (χ0n) is 16.5. The second-order valence-electron chi connectivity index (χ2n) is 7.19. The van der Waals surface area contributed by atoms with Crippen molar-refractivity contribution in [2.45, 2.75) is 37.7 Å². The van der Waals surface area contributed by atoms with Gasteiger partial charge in [-0.15, -0.1) is 0 Å². The lowest BCUT2D eigenvalue weighted by atomic mass is 10.2. The van der Waals surface area contributed by atoms with Crippen LogP contribution in [0.1, 0.15) is 24.0 Å². The second kappa shape index (κ2) is 9.15. The van der Waals surface area contributed by atoms with Crippen LogP contribution in [0, 0.1) is 13.8 Å². The van der Waals surface area contributed by atoms with E-state index in [-0.39, 0.29) is 17.5 Å². The number of nitrogens with one attached hydrogen (secondary N) is 1. The van der Waals surface area contributed by atoms with E-state index >= 15 is 0 Å². The van der Waals surface area contributed by atoms with Crippen molar-refractivity contribution in [1.82, 2.24) is 5.32 Å². The Labute approximate surface area is 176 Å². The van der Waals surface area contributed by atoms with E-state index in [4.69, 9.17) is 16.3 Å². The van der Waals surface area contributed by atoms with E-state index in [1.807, 2.05) is 6.92 Å². The topological polar surface area (TPSA) is 75.7 Å². The Morgan fingerprint density at radius 3 is 2.59 bits per heavy atom. The molecule has 6 nitrogen and oxygen atoms in total. The van der Waals surface area contributed by atoms with Gasteiger partial charge in [0.05, 0.1) is 16.7 Å². The van der Waals surface area contributed by atoms with Crippen LogP contribution in [0.25, 0.3) is 0 Å². The number of sulfonamides is 1. The van der Waals surface area contributed by atoms with Crippen LogP contribution < -0.4 is 9.62 Å². The molecule has 0 saturated carbocycles. The van der Waals surface area contributed by atoms with Gasteiger partial charge in [0.1, 0.15) is 6.54 Å². The monoisotopic (exact) mass is 436 g/mol. The summed E-state index contributed by atoms with van der Waals surface area (Å²) in [6, 6.07) is 11.5. The van der Waals surface area contributed by atoms with Crippen LogP contribution in [0.3, 0.4) is 0 Å². The molecule has 1 fully saturated rings. The first-order chi connectivity index (χ1) is 13.8. The quantitative estimate of drug-likeness (QED) is 0.721. The summed E-state index contributed by atoms with van der Waals surface area (Å²) in [4.78, 5) is 12.7. The van der Waals surface area contributed by atoms with Crippen molar-refractivity contribution in [3.63, 3.8) is 0 Å². The Balaban J connectivity index is 1.90. The highest BCUT2D eigenvalue weighted by Crippen LogP contribution is 2.29. The number of halogens is 1. The summed E-state index contributed by atoms with van der Waals surface area (Å²) in [5, 5.41) is 3.19. The molecule has 2 aromatic carbocycles. The van der Waals surface area contributed by atoms with Gasteiger partial charge in [-0.1, -0.05) is 35.4 Å². The van der Waals surface area contributed by atoms with Gasteiger partial charge in [-0.2, -0.15) is 0 Å². The van der Waals surface area contributed by atoms with Crippen molar-refractivity contribution in [3.05, 3.63) is 58.6 Å². The first-order valence-corrected chi connectivity index (χ1v) is 11.3. The Kier molecular flexibility index (Phi) is 6.82. The molecule has 1 saturated heterocycles. The average Bonchev–Trinajstić information content (AvgIpc) is 3.20. The lowest BCUT2D eigenvalue weighted by Gasteiger charge is -2.26. The standard InChI is InChI=1S/C21H25ClN2O4S/c1-15-5-9-19(10-6-15)29(26,27)24(20-12-17(22)8-7-16(20)2)14-21(25)23-13-18-4-3-11-28-18/h5-10,12,18H,3-4,11,13-14H2,1-2H3,(H,23,25)/t18-/m0/s1. The summed E-state index contributed by atoms with van der Waals surface area (Å²) in [6.07, 6.45) is 1.84. The summed E-state index contributed by atoms with van der Waals surface area (Å²) >= 11 is 6.12. The van der Waals surface area contributed by atoms with Gasteiger partial charge < -0.3 is 10.1 Å². The van der Waals surface area contributed by atoms with E-state index in [1.165, 1.54) is 0 Å². The van der Waals surface area contributed by atoms with Crippen molar-refractivity contribution < 1.29 is 17.9 Å². The minimum Gasteiger partial charge on any atom is -0.376 e. The highest BCUT2D eigenvalue weighted by Gasteiger charge is 2.29. The van der Waals surface area contributed by atoms with E-state index < -0.39 is 15.9 Å². The number of benzene rings is 2. The van der Waals surface area contributed by atoms with E-state index in [1.54, 1.807) is 49.4 Å². The number of carbonyl (C=O) groups is 1. The van der Waals surface area contributed by atoms with Gasteiger partial charge >= 0.3 is 0 Å². The van der Waals surface area contributed by atoms with E-state index in [0.717, 1.165) is 22.7 Å². The van der Waals surface area contributed by atoms with Crippen LogP contribution in [0.4, 0.5) is 5.69 Å². The number of aryl methyl sites for hydroxylation is 2. The maximum absolute atomic E-state index is 13.4. The lowest BCUT2D eigenvalue weighted by molar-refractivity contribution is -0.120. The molecule has 0 radical (unpaired) electrons. The highest BCUT2D eigenvalue weighted by atomic mass is 35.5. The molecule has 1 N–H and O–H groups in total. The first-order valence-electron chi connectivity index (χ1n) is 9.51. The fourth-order valence-electron chi connectivity index (χ4n) is 3.21. The zero-order valence-corrected chi connectivity index (χ0v) is 18.1.